The Morgan fingerprint density at radius 1 is 1.19 bits per heavy atom. The molecule has 0 fully saturated rings. The summed E-state index contributed by atoms with van der Waals surface area (Å²) < 4.78 is 4.53. The van der Waals surface area contributed by atoms with Crippen LogP contribution in [0.3, 0.4) is 0 Å². The van der Waals surface area contributed by atoms with Crippen LogP contribution in [-0.2, 0) is 11.3 Å². The smallest absolute Gasteiger partial charge is 0.411 e. The maximum Gasteiger partial charge on any atom is 0.411 e. The van der Waals surface area contributed by atoms with E-state index in [-0.39, 0.29) is 5.91 Å². The van der Waals surface area contributed by atoms with Gasteiger partial charge in [-0.3, -0.25) is 10.1 Å². The Bertz CT molecular complexity index is 957. The van der Waals surface area contributed by atoms with Gasteiger partial charge in [0.25, 0.3) is 5.91 Å². The molecule has 1 heterocycles. The zero-order valence-corrected chi connectivity index (χ0v) is 15.9. The van der Waals surface area contributed by atoms with Gasteiger partial charge in [-0.25, -0.2) is 9.78 Å². The molecule has 0 radical (unpaired) electrons. The average Bonchev–Trinajstić information content (AvgIpc) is 3.17. The lowest BCUT2D eigenvalue weighted by Gasteiger charge is -2.06. The molecule has 138 valence electrons. The SMILES string of the molecule is COC(=O)Nc1ccc(CNC(=O)c2csc(-c3cccc(Cl)c3)n2)cc1. The molecule has 0 bridgehead atoms. The summed E-state index contributed by atoms with van der Waals surface area (Å²) >= 11 is 7.38. The molecule has 0 saturated carbocycles. The summed E-state index contributed by atoms with van der Waals surface area (Å²) in [6.07, 6.45) is -0.532. The number of halogens is 1. The Balaban J connectivity index is 1.59. The largest absolute Gasteiger partial charge is 0.453 e. The molecule has 0 saturated heterocycles. The van der Waals surface area contributed by atoms with E-state index in [0.29, 0.717) is 22.9 Å². The van der Waals surface area contributed by atoms with Gasteiger partial charge in [-0.15, -0.1) is 11.3 Å². The van der Waals surface area contributed by atoms with Crippen molar-refractivity contribution in [2.24, 2.45) is 0 Å². The third kappa shape index (κ3) is 5.06. The van der Waals surface area contributed by atoms with E-state index in [4.69, 9.17) is 11.6 Å². The number of nitrogens with one attached hydrogen (secondary N) is 2. The van der Waals surface area contributed by atoms with Gasteiger partial charge in [0.15, 0.2) is 0 Å². The highest BCUT2D eigenvalue weighted by Gasteiger charge is 2.12. The van der Waals surface area contributed by atoms with E-state index in [9.17, 15) is 9.59 Å². The fraction of sp³-hybridized carbons (Fsp3) is 0.105. The predicted molar refractivity (Wildman–Crippen MR) is 106 cm³/mol. The molecule has 3 rings (SSSR count). The van der Waals surface area contributed by atoms with Crippen LogP contribution >= 0.6 is 22.9 Å². The number of hydrogen-bond donors (Lipinski definition) is 2. The first-order valence-corrected chi connectivity index (χ1v) is 9.24. The molecule has 1 aromatic heterocycles. The van der Waals surface area contributed by atoms with Gasteiger partial charge in [0.1, 0.15) is 10.7 Å². The molecule has 0 atom stereocenters. The fourth-order valence-electron chi connectivity index (χ4n) is 2.28. The number of benzene rings is 2. The monoisotopic (exact) mass is 401 g/mol. The summed E-state index contributed by atoms with van der Waals surface area (Å²) in [6.45, 7) is 0.349. The molecule has 0 spiro atoms. The zero-order chi connectivity index (χ0) is 19.2. The number of carbonyl (C=O) groups is 2. The predicted octanol–water partition coefficient (Wildman–Crippen LogP) is 4.57. The number of thiazole rings is 1. The molecule has 0 unspecified atom stereocenters. The van der Waals surface area contributed by atoms with Crippen molar-refractivity contribution < 1.29 is 14.3 Å². The lowest BCUT2D eigenvalue weighted by molar-refractivity contribution is 0.0946. The normalized spacial score (nSPS) is 10.3. The van der Waals surface area contributed by atoms with Crippen LogP contribution in [-0.4, -0.2) is 24.1 Å². The van der Waals surface area contributed by atoms with Crippen molar-refractivity contribution in [3.8, 4) is 10.6 Å². The zero-order valence-electron chi connectivity index (χ0n) is 14.4. The quantitative estimate of drug-likeness (QED) is 0.656. The molecule has 0 aliphatic carbocycles. The van der Waals surface area contributed by atoms with Gasteiger partial charge in [-0.05, 0) is 29.8 Å². The topological polar surface area (TPSA) is 80.3 Å². The van der Waals surface area contributed by atoms with Crippen LogP contribution in [0.2, 0.25) is 5.02 Å². The van der Waals surface area contributed by atoms with E-state index < -0.39 is 6.09 Å². The molecule has 0 aliphatic heterocycles. The van der Waals surface area contributed by atoms with Crippen LogP contribution in [0, 0.1) is 0 Å². The number of methoxy groups -OCH3 is 1. The van der Waals surface area contributed by atoms with Crippen LogP contribution in [0.15, 0.2) is 53.9 Å². The van der Waals surface area contributed by atoms with E-state index in [0.717, 1.165) is 16.1 Å². The lowest BCUT2D eigenvalue weighted by atomic mass is 10.2. The Hall–Kier alpha value is -2.90. The highest BCUT2D eigenvalue weighted by Crippen LogP contribution is 2.26. The Morgan fingerprint density at radius 3 is 2.67 bits per heavy atom. The van der Waals surface area contributed by atoms with Gasteiger partial charge < -0.3 is 10.1 Å². The minimum atomic E-state index is -0.532. The number of hydrogen-bond acceptors (Lipinski definition) is 5. The van der Waals surface area contributed by atoms with Gasteiger partial charge in [0.05, 0.1) is 7.11 Å². The molecule has 3 aromatic rings. The van der Waals surface area contributed by atoms with Crippen molar-refractivity contribution in [3.63, 3.8) is 0 Å². The van der Waals surface area contributed by atoms with E-state index in [2.05, 4.69) is 20.4 Å². The van der Waals surface area contributed by atoms with E-state index in [1.165, 1.54) is 18.4 Å². The molecule has 2 amide bonds. The molecular formula is C19H16ClN3O3S. The molecule has 2 N–H and O–H groups in total. The summed E-state index contributed by atoms with van der Waals surface area (Å²) in [5.41, 5.74) is 2.74. The summed E-state index contributed by atoms with van der Waals surface area (Å²) in [7, 11) is 1.30. The Kier molecular flexibility index (Phi) is 6.05. The number of nitrogens with zero attached hydrogens (tertiary/aromatic N) is 1. The Morgan fingerprint density at radius 2 is 1.96 bits per heavy atom. The highest BCUT2D eigenvalue weighted by atomic mass is 35.5. The third-order valence-electron chi connectivity index (χ3n) is 3.65. The number of rotatable bonds is 5. The van der Waals surface area contributed by atoms with Crippen molar-refractivity contribution in [1.29, 1.82) is 0 Å². The van der Waals surface area contributed by atoms with Gasteiger partial charge >= 0.3 is 6.09 Å². The summed E-state index contributed by atoms with van der Waals surface area (Å²) in [6, 6.07) is 14.4. The molecule has 2 aromatic carbocycles. The number of carbonyl (C=O) groups excluding carboxylic acids is 2. The second-order valence-electron chi connectivity index (χ2n) is 5.54. The van der Waals surface area contributed by atoms with Crippen LogP contribution in [0.1, 0.15) is 16.1 Å². The lowest BCUT2D eigenvalue weighted by Crippen LogP contribution is -2.23. The van der Waals surface area contributed by atoms with Crippen molar-refractivity contribution in [2.45, 2.75) is 6.54 Å². The summed E-state index contributed by atoms with van der Waals surface area (Å²) in [4.78, 5) is 27.8. The summed E-state index contributed by atoms with van der Waals surface area (Å²) in [5.74, 6) is -0.253. The first-order chi connectivity index (χ1) is 13.0. The number of ether oxygens (including phenoxy) is 1. The van der Waals surface area contributed by atoms with Gasteiger partial charge in [0, 0.05) is 28.2 Å². The maximum absolute atomic E-state index is 12.3. The van der Waals surface area contributed by atoms with E-state index in [1.54, 1.807) is 23.6 Å². The second-order valence-corrected chi connectivity index (χ2v) is 6.84. The van der Waals surface area contributed by atoms with Crippen LogP contribution in [0.5, 0.6) is 0 Å². The molecular weight excluding hydrogens is 386 g/mol. The minimum Gasteiger partial charge on any atom is -0.453 e. The van der Waals surface area contributed by atoms with Crippen LogP contribution in [0.4, 0.5) is 10.5 Å². The maximum atomic E-state index is 12.3. The molecule has 6 nitrogen and oxygen atoms in total. The van der Waals surface area contributed by atoms with E-state index >= 15 is 0 Å². The average molecular weight is 402 g/mol. The standard InChI is InChI=1S/C19H16ClN3O3S/c1-26-19(25)22-15-7-5-12(6-8-15)10-21-17(24)16-11-27-18(23-16)13-3-2-4-14(20)9-13/h2-9,11H,10H2,1H3,(H,21,24)(H,22,25). The number of anilines is 1. The third-order valence-corrected chi connectivity index (χ3v) is 4.77. The molecule has 8 heteroatoms. The van der Waals surface area contributed by atoms with Gasteiger partial charge in [0.2, 0.25) is 0 Å². The molecule has 0 aliphatic rings. The van der Waals surface area contributed by atoms with Crippen LogP contribution in [0.25, 0.3) is 10.6 Å². The first-order valence-electron chi connectivity index (χ1n) is 7.99. The van der Waals surface area contributed by atoms with Crippen molar-refractivity contribution in [2.75, 3.05) is 12.4 Å². The second kappa shape index (κ2) is 8.66. The number of aromatic nitrogens is 1. The fourth-order valence-corrected chi connectivity index (χ4v) is 3.27. The highest BCUT2D eigenvalue weighted by molar-refractivity contribution is 7.13. The van der Waals surface area contributed by atoms with Crippen molar-refractivity contribution >= 4 is 40.6 Å². The van der Waals surface area contributed by atoms with Crippen LogP contribution < -0.4 is 10.6 Å². The molecule has 27 heavy (non-hydrogen) atoms. The number of amides is 2. The first kappa shape index (κ1) is 18.9. The minimum absolute atomic E-state index is 0.253. The summed E-state index contributed by atoms with van der Waals surface area (Å²) in [5, 5.41) is 8.47. The van der Waals surface area contributed by atoms with Gasteiger partial charge in [-0.1, -0.05) is 35.9 Å². The van der Waals surface area contributed by atoms with E-state index in [1.807, 2.05) is 30.3 Å². The Labute approximate surface area is 165 Å². The van der Waals surface area contributed by atoms with Gasteiger partial charge in [-0.2, -0.15) is 0 Å². The van der Waals surface area contributed by atoms with Crippen molar-refractivity contribution in [3.05, 3.63) is 70.2 Å². The van der Waals surface area contributed by atoms with Crippen molar-refractivity contribution in [1.82, 2.24) is 10.3 Å².